The van der Waals surface area contributed by atoms with Crippen LogP contribution < -0.4 is 0 Å². The molecule has 0 aromatic rings. The Hall–Kier alpha value is -2.04. The van der Waals surface area contributed by atoms with Gasteiger partial charge in [-0.1, -0.05) is 193 Å². The quantitative estimate of drug-likeness (QED) is 0.0197. The van der Waals surface area contributed by atoms with Crippen LogP contribution in [0.15, 0.2) is 24.3 Å². The van der Waals surface area contributed by atoms with E-state index in [0.29, 0.717) is 19.3 Å². The number of aliphatic hydroxyl groups is 1. The van der Waals surface area contributed by atoms with Crippen LogP contribution in [0.3, 0.4) is 0 Å². The van der Waals surface area contributed by atoms with Crippen LogP contribution in [0, 0.1) is 0 Å². The summed E-state index contributed by atoms with van der Waals surface area (Å²) in [6, 6.07) is 0. The first-order chi connectivity index (χ1) is 30.2. The van der Waals surface area contributed by atoms with Gasteiger partial charge in [0.25, 0.3) is 0 Å². The van der Waals surface area contributed by atoms with Crippen LogP contribution >= 0.6 is 7.82 Å². The SMILES string of the molecule is CCCCC/C=C\C/C=C\CCCCCCCC(=O)OC(COC(=O)CCCCCCCCCCCCC)COP(=O)(O)OCC(CO)OC(=O)CCCCCCCCCCC. The lowest BCUT2D eigenvalue weighted by Crippen LogP contribution is -2.30. The minimum Gasteiger partial charge on any atom is -0.462 e. The lowest BCUT2D eigenvalue weighted by atomic mass is 10.1. The highest BCUT2D eigenvalue weighted by Gasteiger charge is 2.28. The first-order valence-electron chi connectivity index (χ1n) is 25.2. The molecule has 0 aromatic carbocycles. The van der Waals surface area contributed by atoms with Crippen molar-refractivity contribution in [3.8, 4) is 0 Å². The fourth-order valence-electron chi connectivity index (χ4n) is 6.97. The number of carbonyl (C=O) groups is 3. The number of allylic oxidation sites excluding steroid dienone is 4. The van der Waals surface area contributed by atoms with Gasteiger partial charge in [0.2, 0.25) is 0 Å². The molecule has 0 rings (SSSR count). The molecule has 11 nitrogen and oxygen atoms in total. The molecule has 0 aromatic heterocycles. The van der Waals surface area contributed by atoms with E-state index in [1.807, 2.05) is 0 Å². The van der Waals surface area contributed by atoms with Crippen molar-refractivity contribution in [3.05, 3.63) is 24.3 Å². The number of ether oxygens (including phenoxy) is 3. The summed E-state index contributed by atoms with van der Waals surface area (Å²) in [6.07, 6.45) is 41.5. The Morgan fingerprint density at radius 3 is 1.23 bits per heavy atom. The number of esters is 3. The molecule has 364 valence electrons. The summed E-state index contributed by atoms with van der Waals surface area (Å²) in [7, 11) is -4.73. The van der Waals surface area contributed by atoms with E-state index in [4.69, 9.17) is 23.3 Å². The van der Waals surface area contributed by atoms with E-state index in [9.17, 15) is 28.9 Å². The van der Waals surface area contributed by atoms with Crippen molar-refractivity contribution in [2.45, 2.75) is 251 Å². The van der Waals surface area contributed by atoms with Crippen molar-refractivity contribution in [2.75, 3.05) is 26.4 Å². The molecule has 12 heteroatoms. The minimum atomic E-state index is -4.73. The van der Waals surface area contributed by atoms with Gasteiger partial charge in [-0.25, -0.2) is 4.57 Å². The highest BCUT2D eigenvalue weighted by molar-refractivity contribution is 7.47. The zero-order valence-corrected chi connectivity index (χ0v) is 40.7. The summed E-state index contributed by atoms with van der Waals surface area (Å²) in [5.41, 5.74) is 0. The fourth-order valence-corrected chi connectivity index (χ4v) is 7.76. The summed E-state index contributed by atoms with van der Waals surface area (Å²) in [4.78, 5) is 48.1. The van der Waals surface area contributed by atoms with Crippen molar-refractivity contribution < 1.29 is 52.2 Å². The minimum absolute atomic E-state index is 0.156. The molecular weight excluding hydrogens is 808 g/mol. The Bertz CT molecular complexity index is 1140. The molecule has 2 N–H and O–H groups in total. The third kappa shape index (κ3) is 43.2. The summed E-state index contributed by atoms with van der Waals surface area (Å²) >= 11 is 0. The first-order valence-corrected chi connectivity index (χ1v) is 26.7. The monoisotopic (exact) mass is 901 g/mol. The third-order valence-electron chi connectivity index (χ3n) is 10.9. The van der Waals surface area contributed by atoms with E-state index < -0.39 is 57.8 Å². The van der Waals surface area contributed by atoms with Crippen molar-refractivity contribution in [3.63, 3.8) is 0 Å². The molecule has 0 fully saturated rings. The number of unbranched alkanes of at least 4 members (excludes halogenated alkanes) is 26. The number of phosphoric ester groups is 1. The van der Waals surface area contributed by atoms with Gasteiger partial charge in [-0.15, -0.1) is 0 Å². The highest BCUT2D eigenvalue weighted by atomic mass is 31.2. The van der Waals surface area contributed by atoms with Gasteiger partial charge in [-0.2, -0.15) is 0 Å². The first kappa shape index (κ1) is 60.0. The van der Waals surface area contributed by atoms with Gasteiger partial charge in [0.05, 0.1) is 19.8 Å². The van der Waals surface area contributed by atoms with Crippen molar-refractivity contribution in [1.82, 2.24) is 0 Å². The second-order valence-corrected chi connectivity index (χ2v) is 18.4. The van der Waals surface area contributed by atoms with Crippen LogP contribution in [-0.2, 0) is 42.2 Å². The topological polar surface area (TPSA) is 155 Å². The normalized spacial score (nSPS) is 13.7. The predicted molar refractivity (Wildman–Crippen MR) is 252 cm³/mol. The van der Waals surface area contributed by atoms with E-state index in [0.717, 1.165) is 83.5 Å². The van der Waals surface area contributed by atoms with Crippen molar-refractivity contribution >= 4 is 25.7 Å². The molecule has 0 saturated heterocycles. The van der Waals surface area contributed by atoms with Gasteiger partial charge in [-0.3, -0.25) is 23.4 Å². The van der Waals surface area contributed by atoms with E-state index >= 15 is 0 Å². The Balaban J connectivity index is 4.75. The molecule has 0 aliphatic carbocycles. The van der Waals surface area contributed by atoms with Crippen molar-refractivity contribution in [1.29, 1.82) is 0 Å². The van der Waals surface area contributed by atoms with Crippen LogP contribution in [-0.4, -0.2) is 66.5 Å². The van der Waals surface area contributed by atoms with Crippen molar-refractivity contribution in [2.24, 2.45) is 0 Å². The van der Waals surface area contributed by atoms with E-state index in [-0.39, 0.29) is 25.9 Å². The van der Waals surface area contributed by atoms with Gasteiger partial charge < -0.3 is 24.2 Å². The standard InChI is InChI=1S/C50H93O11P/c1-4-7-10-13-16-19-21-22-23-24-26-29-32-35-38-41-50(54)61-47(43-57-48(52)39-36-33-30-28-25-20-17-14-11-8-5-2)45-59-62(55,56)58-44-46(42-51)60-49(53)40-37-34-31-27-18-15-12-9-6-3/h16,19,22-23,46-47,51H,4-15,17-18,20-21,24-45H2,1-3H3,(H,55,56)/b19-16-,23-22-. The number of hydrogen-bond donors (Lipinski definition) is 2. The zero-order valence-electron chi connectivity index (χ0n) is 39.9. The van der Waals surface area contributed by atoms with Crippen LogP contribution in [0.4, 0.5) is 0 Å². The maximum absolute atomic E-state index is 12.8. The van der Waals surface area contributed by atoms with Crippen LogP contribution in [0.5, 0.6) is 0 Å². The Morgan fingerprint density at radius 1 is 0.452 bits per heavy atom. The molecule has 0 amide bonds. The maximum atomic E-state index is 12.8. The van der Waals surface area contributed by atoms with Crippen LogP contribution in [0.25, 0.3) is 0 Å². The largest absolute Gasteiger partial charge is 0.472 e. The molecule has 0 heterocycles. The Morgan fingerprint density at radius 2 is 0.790 bits per heavy atom. The molecular formula is C50H93O11P. The Kier molecular flexibility index (Phi) is 44.0. The van der Waals surface area contributed by atoms with Crippen LogP contribution in [0.1, 0.15) is 239 Å². The number of aliphatic hydroxyl groups excluding tert-OH is 1. The van der Waals surface area contributed by atoms with E-state index in [1.165, 1.54) is 96.3 Å². The second kappa shape index (κ2) is 45.5. The Labute approximate surface area is 378 Å². The molecule has 0 radical (unpaired) electrons. The third-order valence-corrected chi connectivity index (χ3v) is 11.8. The number of phosphoric acid groups is 1. The fraction of sp³-hybridized carbons (Fsp3) is 0.860. The van der Waals surface area contributed by atoms with E-state index in [1.54, 1.807) is 0 Å². The molecule has 0 aliphatic heterocycles. The smallest absolute Gasteiger partial charge is 0.462 e. The molecule has 0 aliphatic rings. The molecule has 3 unspecified atom stereocenters. The molecule has 3 atom stereocenters. The summed E-state index contributed by atoms with van der Waals surface area (Å²) in [5, 5.41) is 9.72. The highest BCUT2D eigenvalue weighted by Crippen LogP contribution is 2.43. The van der Waals surface area contributed by atoms with E-state index in [2.05, 4.69) is 45.1 Å². The second-order valence-electron chi connectivity index (χ2n) is 17.0. The van der Waals surface area contributed by atoms with Gasteiger partial charge >= 0.3 is 25.7 Å². The molecule has 62 heavy (non-hydrogen) atoms. The summed E-state index contributed by atoms with van der Waals surface area (Å²) in [6.45, 7) is 4.57. The number of hydrogen-bond acceptors (Lipinski definition) is 10. The average Bonchev–Trinajstić information content (AvgIpc) is 3.25. The summed E-state index contributed by atoms with van der Waals surface area (Å²) in [5.74, 6) is -1.47. The number of carbonyl (C=O) groups excluding carboxylic acids is 3. The zero-order chi connectivity index (χ0) is 45.6. The van der Waals surface area contributed by atoms with Gasteiger partial charge in [0.1, 0.15) is 12.7 Å². The molecule has 0 saturated carbocycles. The summed E-state index contributed by atoms with van der Waals surface area (Å²) < 4.78 is 39.2. The average molecular weight is 901 g/mol. The van der Waals surface area contributed by atoms with Gasteiger partial charge in [0, 0.05) is 19.3 Å². The lowest BCUT2D eigenvalue weighted by Gasteiger charge is -2.21. The van der Waals surface area contributed by atoms with Crippen LogP contribution in [0.2, 0.25) is 0 Å². The maximum Gasteiger partial charge on any atom is 0.472 e. The molecule has 0 spiro atoms. The lowest BCUT2D eigenvalue weighted by molar-refractivity contribution is -0.161. The predicted octanol–water partition coefficient (Wildman–Crippen LogP) is 13.9. The van der Waals surface area contributed by atoms with Gasteiger partial charge in [0.15, 0.2) is 6.10 Å². The van der Waals surface area contributed by atoms with Gasteiger partial charge in [-0.05, 0) is 51.4 Å². The number of rotatable bonds is 47. The molecule has 0 bridgehead atoms.